The number of benzene rings is 1. The predicted molar refractivity (Wildman–Crippen MR) is 103 cm³/mol. The number of hydrogen-bond acceptors (Lipinski definition) is 7. The lowest BCUT2D eigenvalue weighted by molar-refractivity contribution is -0.154. The van der Waals surface area contributed by atoms with E-state index in [9.17, 15) is 9.59 Å². The molecule has 1 aromatic heterocycles. The van der Waals surface area contributed by atoms with Crippen LogP contribution in [0.5, 0.6) is 11.5 Å². The maximum Gasteiger partial charge on any atom is 0.254 e. The van der Waals surface area contributed by atoms with Gasteiger partial charge < -0.3 is 29.0 Å². The number of morpholine rings is 1. The Hall–Kier alpha value is -3.07. The van der Waals surface area contributed by atoms with Crippen molar-refractivity contribution < 1.29 is 28.3 Å². The monoisotopic (exact) mass is 403 g/mol. The Balaban J connectivity index is 1.86. The number of nitrogens with zero attached hydrogens (tertiary/aromatic N) is 2. The molecule has 2 heterocycles. The smallest absolute Gasteiger partial charge is 0.254 e. The van der Waals surface area contributed by atoms with Gasteiger partial charge in [0.2, 0.25) is 5.91 Å². The van der Waals surface area contributed by atoms with Crippen LogP contribution in [0.3, 0.4) is 0 Å². The molecule has 0 unspecified atom stereocenters. The maximum absolute atomic E-state index is 13.2. The van der Waals surface area contributed by atoms with E-state index in [0.29, 0.717) is 29.4 Å². The van der Waals surface area contributed by atoms with E-state index in [2.05, 4.69) is 10.5 Å². The molecule has 0 aliphatic carbocycles. The number of rotatable bonds is 6. The number of ether oxygens (including phenoxy) is 3. The minimum atomic E-state index is -0.878. The summed E-state index contributed by atoms with van der Waals surface area (Å²) < 4.78 is 21.4. The van der Waals surface area contributed by atoms with Crippen LogP contribution in [-0.2, 0) is 20.9 Å². The normalized spacial score (nSPS) is 18.9. The maximum atomic E-state index is 13.2. The summed E-state index contributed by atoms with van der Waals surface area (Å²) in [7, 11) is 4.75. The summed E-state index contributed by atoms with van der Waals surface area (Å²) in [5, 5.41) is 6.77. The number of nitrogens with one attached hydrogen (secondary N) is 1. The van der Waals surface area contributed by atoms with E-state index in [-0.39, 0.29) is 18.4 Å². The average Bonchev–Trinajstić information content (AvgIpc) is 3.04. The number of aromatic nitrogens is 1. The fourth-order valence-electron chi connectivity index (χ4n) is 3.33. The molecule has 1 aromatic carbocycles. The molecule has 2 aromatic rings. The van der Waals surface area contributed by atoms with Crippen molar-refractivity contribution in [2.75, 3.05) is 27.9 Å². The first-order chi connectivity index (χ1) is 13.8. The summed E-state index contributed by atoms with van der Waals surface area (Å²) in [4.78, 5) is 26.7. The summed E-state index contributed by atoms with van der Waals surface area (Å²) >= 11 is 0. The summed E-state index contributed by atoms with van der Waals surface area (Å²) in [6.45, 7) is 3.77. The van der Waals surface area contributed by atoms with Crippen LogP contribution in [0.2, 0.25) is 0 Å². The van der Waals surface area contributed by atoms with Crippen molar-refractivity contribution in [3.05, 3.63) is 40.8 Å². The molecule has 9 heteroatoms. The van der Waals surface area contributed by atoms with E-state index in [1.54, 1.807) is 44.2 Å². The molecule has 156 valence electrons. The van der Waals surface area contributed by atoms with Crippen LogP contribution in [-0.4, -0.2) is 55.8 Å². The van der Waals surface area contributed by atoms with Crippen molar-refractivity contribution in [3.63, 3.8) is 0 Å². The molecule has 1 fully saturated rings. The predicted octanol–water partition coefficient (Wildman–Crippen LogP) is 1.52. The second kappa shape index (κ2) is 8.52. The zero-order chi connectivity index (χ0) is 21.1. The van der Waals surface area contributed by atoms with Crippen LogP contribution in [0.15, 0.2) is 22.7 Å². The lowest BCUT2D eigenvalue weighted by Crippen LogP contribution is -2.52. The molecular formula is C20H25N3O6. The van der Waals surface area contributed by atoms with Gasteiger partial charge in [0.05, 0.1) is 32.5 Å². The molecule has 1 aliphatic heterocycles. The Morgan fingerprint density at radius 3 is 2.62 bits per heavy atom. The van der Waals surface area contributed by atoms with Crippen molar-refractivity contribution in [3.8, 4) is 11.5 Å². The molecule has 0 radical (unpaired) electrons. The fraction of sp³-hybridized carbons (Fsp3) is 0.450. The highest BCUT2D eigenvalue weighted by Crippen LogP contribution is 2.33. The number of hydrogen-bond donors (Lipinski definition) is 1. The topological polar surface area (TPSA) is 103 Å². The van der Waals surface area contributed by atoms with Gasteiger partial charge in [0.25, 0.3) is 5.91 Å². The van der Waals surface area contributed by atoms with E-state index in [1.807, 2.05) is 6.92 Å². The molecule has 1 N–H and O–H groups in total. The fourth-order valence-corrected chi connectivity index (χ4v) is 3.33. The van der Waals surface area contributed by atoms with E-state index < -0.39 is 12.1 Å². The largest absolute Gasteiger partial charge is 0.493 e. The van der Waals surface area contributed by atoms with Crippen LogP contribution in [0.25, 0.3) is 0 Å². The van der Waals surface area contributed by atoms with Gasteiger partial charge in [-0.15, -0.1) is 0 Å². The Morgan fingerprint density at radius 2 is 2.00 bits per heavy atom. The minimum absolute atomic E-state index is 0.181. The van der Waals surface area contributed by atoms with E-state index in [4.69, 9.17) is 18.7 Å². The minimum Gasteiger partial charge on any atom is -0.493 e. The van der Waals surface area contributed by atoms with Gasteiger partial charge >= 0.3 is 0 Å². The highest BCUT2D eigenvalue weighted by atomic mass is 16.5. The highest BCUT2D eigenvalue weighted by molar-refractivity contribution is 5.86. The molecule has 0 saturated carbocycles. The Labute approximate surface area is 168 Å². The Kier molecular flexibility index (Phi) is 6.07. The molecule has 0 spiro atoms. The molecule has 2 amide bonds. The van der Waals surface area contributed by atoms with Crippen LogP contribution in [0.1, 0.15) is 28.6 Å². The van der Waals surface area contributed by atoms with E-state index in [0.717, 1.165) is 11.3 Å². The number of likely N-dealkylation sites (N-methyl/N-ethyl adjacent to an activating group) is 1. The summed E-state index contributed by atoms with van der Waals surface area (Å²) in [6, 6.07) is 4.57. The third kappa shape index (κ3) is 4.19. The zero-order valence-corrected chi connectivity index (χ0v) is 17.1. The van der Waals surface area contributed by atoms with Gasteiger partial charge in [-0.3, -0.25) is 9.59 Å². The molecule has 2 atom stereocenters. The van der Waals surface area contributed by atoms with Crippen molar-refractivity contribution >= 4 is 11.8 Å². The molecule has 3 rings (SSSR count). The van der Waals surface area contributed by atoms with Gasteiger partial charge in [0, 0.05) is 12.6 Å². The molecule has 9 nitrogen and oxygen atoms in total. The van der Waals surface area contributed by atoms with Crippen molar-refractivity contribution in [1.29, 1.82) is 0 Å². The number of aryl methyl sites for hydroxylation is 2. The van der Waals surface area contributed by atoms with Gasteiger partial charge in [0.1, 0.15) is 12.4 Å². The summed E-state index contributed by atoms with van der Waals surface area (Å²) in [5.41, 5.74) is 2.26. The van der Waals surface area contributed by atoms with Crippen LogP contribution >= 0.6 is 0 Å². The first kappa shape index (κ1) is 20.7. The SMILES string of the molecule is COc1ccc([C@H]2NC(=O)CO[C@@H]2C(=O)N(C)Cc2c(C)noc2C)cc1OC. The van der Waals surface area contributed by atoms with Gasteiger partial charge in [0.15, 0.2) is 17.6 Å². The molecular weight excluding hydrogens is 378 g/mol. The number of carbonyl (C=O) groups excluding carboxylic acids is 2. The third-order valence-corrected chi connectivity index (χ3v) is 4.98. The molecule has 29 heavy (non-hydrogen) atoms. The Bertz CT molecular complexity index is 890. The van der Waals surface area contributed by atoms with Gasteiger partial charge in [-0.1, -0.05) is 11.2 Å². The van der Waals surface area contributed by atoms with Crippen molar-refractivity contribution in [1.82, 2.24) is 15.4 Å². The first-order valence-corrected chi connectivity index (χ1v) is 9.15. The van der Waals surface area contributed by atoms with E-state index >= 15 is 0 Å². The highest BCUT2D eigenvalue weighted by Gasteiger charge is 2.38. The average molecular weight is 403 g/mol. The number of carbonyl (C=O) groups is 2. The van der Waals surface area contributed by atoms with Gasteiger partial charge in [-0.25, -0.2) is 0 Å². The molecule has 1 aliphatic rings. The van der Waals surface area contributed by atoms with Gasteiger partial charge in [-0.2, -0.15) is 0 Å². The van der Waals surface area contributed by atoms with Crippen LogP contribution in [0, 0.1) is 13.8 Å². The lowest BCUT2D eigenvalue weighted by Gasteiger charge is -2.34. The van der Waals surface area contributed by atoms with E-state index in [1.165, 1.54) is 7.11 Å². The zero-order valence-electron chi connectivity index (χ0n) is 17.1. The Morgan fingerprint density at radius 1 is 1.28 bits per heavy atom. The molecule has 0 bridgehead atoms. The number of methoxy groups -OCH3 is 2. The quantitative estimate of drug-likeness (QED) is 0.780. The lowest BCUT2D eigenvalue weighted by atomic mass is 9.98. The van der Waals surface area contributed by atoms with Crippen LogP contribution in [0.4, 0.5) is 0 Å². The number of amides is 2. The van der Waals surface area contributed by atoms with Crippen LogP contribution < -0.4 is 14.8 Å². The second-order valence-corrected chi connectivity index (χ2v) is 6.89. The van der Waals surface area contributed by atoms with Crippen molar-refractivity contribution in [2.45, 2.75) is 32.5 Å². The standard InChI is InChI=1S/C20H25N3O6/c1-11-14(12(2)29-22-11)9-23(3)20(25)19-18(21-17(24)10-28-19)13-6-7-15(26-4)16(8-13)27-5/h6-8,18-19H,9-10H2,1-5H3,(H,21,24)/t18-,19+/m1/s1. The third-order valence-electron chi connectivity index (χ3n) is 4.98. The second-order valence-electron chi connectivity index (χ2n) is 6.89. The molecule has 1 saturated heterocycles. The van der Waals surface area contributed by atoms with Crippen molar-refractivity contribution in [2.24, 2.45) is 0 Å². The first-order valence-electron chi connectivity index (χ1n) is 9.15. The summed E-state index contributed by atoms with van der Waals surface area (Å²) in [5.74, 6) is 1.17. The van der Waals surface area contributed by atoms with Gasteiger partial charge in [-0.05, 0) is 31.5 Å². The summed E-state index contributed by atoms with van der Waals surface area (Å²) in [6.07, 6.45) is -0.878.